The summed E-state index contributed by atoms with van der Waals surface area (Å²) in [6.45, 7) is 1.49. The molecule has 0 aliphatic heterocycles. The van der Waals surface area contributed by atoms with Gasteiger partial charge in [0.1, 0.15) is 5.78 Å². The van der Waals surface area contributed by atoms with Crippen LogP contribution in [0.3, 0.4) is 0 Å². The lowest BCUT2D eigenvalue weighted by Crippen LogP contribution is -2.02. The Morgan fingerprint density at radius 2 is 1.86 bits per heavy atom. The van der Waals surface area contributed by atoms with Gasteiger partial charge in [-0.05, 0) is 13.0 Å². The smallest absolute Gasteiger partial charge is 0.164 e. The minimum atomic E-state index is 0.00711. The number of carbonyl (C=O) groups excluding carboxylic acids is 2. The third-order valence-electron chi connectivity index (χ3n) is 1.88. The lowest BCUT2D eigenvalue weighted by atomic mass is 10.1. The van der Waals surface area contributed by atoms with Gasteiger partial charge in [-0.1, -0.05) is 34.1 Å². The van der Waals surface area contributed by atoms with Crippen molar-refractivity contribution in [1.29, 1.82) is 0 Å². The first-order chi connectivity index (χ1) is 6.61. The molecular formula is C11H11BrO2. The number of Topliss-reactive ketones (excluding diaryl/α,β-unsaturated/α-hetero) is 2. The Hall–Kier alpha value is -0.960. The van der Waals surface area contributed by atoms with Gasteiger partial charge in [-0.15, -0.1) is 0 Å². The normalized spacial score (nSPS) is 9.86. The third kappa shape index (κ3) is 3.07. The van der Waals surface area contributed by atoms with Gasteiger partial charge in [0.15, 0.2) is 5.78 Å². The van der Waals surface area contributed by atoms with Crippen molar-refractivity contribution < 1.29 is 9.59 Å². The molecule has 0 atom stereocenters. The van der Waals surface area contributed by atoms with Gasteiger partial charge >= 0.3 is 0 Å². The molecule has 0 bridgehead atoms. The number of hydrogen-bond acceptors (Lipinski definition) is 2. The zero-order valence-electron chi connectivity index (χ0n) is 7.92. The van der Waals surface area contributed by atoms with E-state index in [4.69, 9.17) is 0 Å². The fraction of sp³-hybridized carbons (Fsp3) is 0.273. The molecule has 0 unspecified atom stereocenters. The van der Waals surface area contributed by atoms with E-state index in [1.807, 2.05) is 18.2 Å². The van der Waals surface area contributed by atoms with Crippen molar-refractivity contribution in [2.45, 2.75) is 19.8 Å². The molecule has 2 nitrogen and oxygen atoms in total. The maximum atomic E-state index is 11.6. The Labute approximate surface area is 91.4 Å². The Kier molecular flexibility index (Phi) is 4.01. The van der Waals surface area contributed by atoms with E-state index in [-0.39, 0.29) is 18.0 Å². The van der Waals surface area contributed by atoms with Crippen molar-refractivity contribution in [3.05, 3.63) is 34.3 Å². The van der Waals surface area contributed by atoms with Crippen molar-refractivity contribution in [3.63, 3.8) is 0 Å². The van der Waals surface area contributed by atoms with Gasteiger partial charge in [0.05, 0.1) is 0 Å². The van der Waals surface area contributed by atoms with E-state index in [0.29, 0.717) is 12.0 Å². The van der Waals surface area contributed by atoms with Crippen LogP contribution in [0.2, 0.25) is 0 Å². The maximum Gasteiger partial charge on any atom is 0.164 e. The molecule has 1 rings (SSSR count). The van der Waals surface area contributed by atoms with Crippen molar-refractivity contribution in [2.24, 2.45) is 0 Å². The first-order valence-corrected chi connectivity index (χ1v) is 5.17. The molecule has 0 spiro atoms. The highest BCUT2D eigenvalue weighted by Crippen LogP contribution is 2.17. The summed E-state index contributed by atoms with van der Waals surface area (Å²) in [5.74, 6) is 0.0538. The summed E-state index contributed by atoms with van der Waals surface area (Å²) in [5.41, 5.74) is 0.647. The standard InChI is InChI=1S/C11H11BrO2/c1-8(13)6-7-11(14)9-4-2-3-5-10(9)12/h2-5H,6-7H2,1H3. The van der Waals surface area contributed by atoms with Crippen LogP contribution < -0.4 is 0 Å². The van der Waals surface area contributed by atoms with E-state index in [2.05, 4.69) is 15.9 Å². The highest BCUT2D eigenvalue weighted by molar-refractivity contribution is 9.10. The number of rotatable bonds is 4. The molecule has 0 radical (unpaired) electrons. The zero-order valence-corrected chi connectivity index (χ0v) is 9.50. The molecule has 0 saturated carbocycles. The highest BCUT2D eigenvalue weighted by atomic mass is 79.9. The molecule has 0 aromatic heterocycles. The SMILES string of the molecule is CC(=O)CCC(=O)c1ccccc1Br. The summed E-state index contributed by atoms with van der Waals surface area (Å²) < 4.78 is 0.786. The maximum absolute atomic E-state index is 11.6. The van der Waals surface area contributed by atoms with Crippen molar-refractivity contribution in [3.8, 4) is 0 Å². The van der Waals surface area contributed by atoms with E-state index >= 15 is 0 Å². The topological polar surface area (TPSA) is 34.1 Å². The van der Waals surface area contributed by atoms with Crippen LogP contribution in [0.15, 0.2) is 28.7 Å². The number of carbonyl (C=O) groups is 2. The van der Waals surface area contributed by atoms with Gasteiger partial charge in [-0.2, -0.15) is 0 Å². The summed E-state index contributed by atoms with van der Waals surface area (Å²) in [5, 5.41) is 0. The largest absolute Gasteiger partial charge is 0.300 e. The lowest BCUT2D eigenvalue weighted by Gasteiger charge is -2.01. The monoisotopic (exact) mass is 254 g/mol. The molecule has 74 valence electrons. The second-order valence-corrected chi connectivity index (χ2v) is 3.96. The van der Waals surface area contributed by atoms with Gasteiger partial charge in [0.25, 0.3) is 0 Å². The van der Waals surface area contributed by atoms with Gasteiger partial charge in [-0.3, -0.25) is 4.79 Å². The number of halogens is 1. The minimum absolute atomic E-state index is 0.00711. The molecule has 1 aromatic carbocycles. The van der Waals surface area contributed by atoms with Gasteiger partial charge in [0, 0.05) is 22.9 Å². The average Bonchev–Trinajstić information content (AvgIpc) is 2.15. The van der Waals surface area contributed by atoms with Crippen LogP contribution in [0.25, 0.3) is 0 Å². The summed E-state index contributed by atoms with van der Waals surface area (Å²) in [6, 6.07) is 7.24. The van der Waals surface area contributed by atoms with E-state index < -0.39 is 0 Å². The van der Waals surface area contributed by atoms with Crippen LogP contribution in [-0.4, -0.2) is 11.6 Å². The fourth-order valence-corrected chi connectivity index (χ4v) is 1.62. The average molecular weight is 255 g/mol. The molecule has 14 heavy (non-hydrogen) atoms. The van der Waals surface area contributed by atoms with Gasteiger partial charge in [-0.25, -0.2) is 0 Å². The predicted molar refractivity (Wildman–Crippen MR) is 58.4 cm³/mol. The summed E-state index contributed by atoms with van der Waals surface area (Å²) in [7, 11) is 0. The molecular weight excluding hydrogens is 244 g/mol. The quantitative estimate of drug-likeness (QED) is 0.775. The molecule has 0 aliphatic carbocycles. The molecule has 0 fully saturated rings. The fourth-order valence-electron chi connectivity index (χ4n) is 1.11. The first-order valence-electron chi connectivity index (χ1n) is 4.38. The summed E-state index contributed by atoms with van der Waals surface area (Å²) in [4.78, 5) is 22.3. The van der Waals surface area contributed by atoms with E-state index in [1.165, 1.54) is 6.92 Å². The van der Waals surface area contributed by atoms with Crippen LogP contribution in [0.1, 0.15) is 30.1 Å². The zero-order chi connectivity index (χ0) is 10.6. The Balaban J connectivity index is 2.70. The van der Waals surface area contributed by atoms with Crippen LogP contribution in [0.4, 0.5) is 0 Å². The number of hydrogen-bond donors (Lipinski definition) is 0. The number of ketones is 2. The second kappa shape index (κ2) is 5.05. The van der Waals surface area contributed by atoms with Crippen LogP contribution in [-0.2, 0) is 4.79 Å². The lowest BCUT2D eigenvalue weighted by molar-refractivity contribution is -0.116. The molecule has 0 aliphatic rings. The van der Waals surface area contributed by atoms with Gasteiger partial charge in [0.2, 0.25) is 0 Å². The summed E-state index contributed by atoms with van der Waals surface area (Å²) >= 11 is 3.30. The Morgan fingerprint density at radius 3 is 2.43 bits per heavy atom. The second-order valence-electron chi connectivity index (χ2n) is 3.11. The first kappa shape index (κ1) is 11.1. The van der Waals surface area contributed by atoms with Crippen molar-refractivity contribution in [2.75, 3.05) is 0 Å². The molecule has 0 N–H and O–H groups in total. The van der Waals surface area contributed by atoms with Gasteiger partial charge < -0.3 is 4.79 Å². The van der Waals surface area contributed by atoms with Crippen LogP contribution in [0, 0.1) is 0 Å². The van der Waals surface area contributed by atoms with E-state index in [9.17, 15) is 9.59 Å². The molecule has 0 saturated heterocycles. The van der Waals surface area contributed by atoms with E-state index in [1.54, 1.807) is 6.07 Å². The number of benzene rings is 1. The summed E-state index contributed by atoms with van der Waals surface area (Å²) in [6.07, 6.45) is 0.609. The van der Waals surface area contributed by atoms with E-state index in [0.717, 1.165) is 4.47 Å². The molecule has 3 heteroatoms. The van der Waals surface area contributed by atoms with Crippen molar-refractivity contribution in [1.82, 2.24) is 0 Å². The van der Waals surface area contributed by atoms with Crippen molar-refractivity contribution >= 4 is 27.5 Å². The molecule has 0 amide bonds. The minimum Gasteiger partial charge on any atom is -0.300 e. The molecule has 1 aromatic rings. The Bertz CT molecular complexity index is 358. The predicted octanol–water partition coefficient (Wildman–Crippen LogP) is 3.00. The van der Waals surface area contributed by atoms with Crippen LogP contribution >= 0.6 is 15.9 Å². The Morgan fingerprint density at radius 1 is 1.21 bits per heavy atom. The van der Waals surface area contributed by atoms with Crippen LogP contribution in [0.5, 0.6) is 0 Å². The molecule has 0 heterocycles. The third-order valence-corrected chi connectivity index (χ3v) is 2.57. The highest BCUT2D eigenvalue weighted by Gasteiger charge is 2.09.